The fourth-order valence-corrected chi connectivity index (χ4v) is 11.9. The molecule has 0 saturated heterocycles. The summed E-state index contributed by atoms with van der Waals surface area (Å²) >= 11 is 6.09. The van der Waals surface area contributed by atoms with E-state index in [2.05, 4.69) is 88.9 Å². The van der Waals surface area contributed by atoms with Crippen LogP contribution in [0.2, 0.25) is 5.02 Å². The van der Waals surface area contributed by atoms with Gasteiger partial charge < -0.3 is 86.8 Å². The molecule has 0 saturated carbocycles. The highest BCUT2D eigenvalue weighted by Crippen LogP contribution is 2.29. The summed E-state index contributed by atoms with van der Waals surface area (Å²) in [6.07, 6.45) is 15.9. The number of hydrogen-bond acceptors (Lipinski definition) is 29. The molecule has 0 radical (unpaired) electrons. The van der Waals surface area contributed by atoms with Gasteiger partial charge in [-0.15, -0.1) is 51.0 Å². The molecule has 12 N–H and O–H groups in total. The molecule has 15 rings (SSSR count). The molecule has 6 heterocycles. The molecular formula is C85H89B6ClFN11O18. The molecule has 122 heavy (non-hydrogen) atoms. The van der Waals surface area contributed by atoms with Gasteiger partial charge >= 0.3 is 42.7 Å². The fraction of sp³-hybridized carbons (Fsp3) is 0.212. The molecule has 0 atom stereocenters. The first-order chi connectivity index (χ1) is 59.1. The number of nitrogens with zero attached hydrogens (tertiary/aromatic N) is 11. The van der Waals surface area contributed by atoms with Crippen molar-refractivity contribution in [3.05, 3.63) is 282 Å². The summed E-state index contributed by atoms with van der Waals surface area (Å²) in [4.78, 5) is 4.28. The van der Waals surface area contributed by atoms with Crippen molar-refractivity contribution in [3.63, 3.8) is 0 Å². The van der Waals surface area contributed by atoms with E-state index in [0.29, 0.717) is 122 Å². The molecule has 0 spiro atoms. The molecule has 15 aromatic rings. The Morgan fingerprint density at radius 2 is 0.639 bits per heavy atom. The van der Waals surface area contributed by atoms with E-state index in [4.69, 9.17) is 98.4 Å². The maximum Gasteiger partial charge on any atom is 0.491 e. The van der Waals surface area contributed by atoms with E-state index in [1.54, 1.807) is 103 Å². The largest absolute Gasteiger partial charge is 0.491 e. The Balaban J connectivity index is 0.000000154. The number of oxazole rings is 1. The minimum atomic E-state index is -1.84. The smallest absolute Gasteiger partial charge is 0.441 e. The summed E-state index contributed by atoms with van der Waals surface area (Å²) < 4.78 is 47.2. The number of aromatic nitrogens is 11. The monoisotopic (exact) mass is 1670 g/mol. The van der Waals surface area contributed by atoms with Gasteiger partial charge in [-0.2, -0.15) is 0 Å². The van der Waals surface area contributed by atoms with Gasteiger partial charge in [-0.25, -0.2) is 9.37 Å². The van der Waals surface area contributed by atoms with E-state index in [0.717, 1.165) is 122 Å². The Labute approximate surface area is 709 Å². The Hall–Kier alpha value is -12.0. The molecule has 29 nitrogen and oxygen atoms in total. The lowest BCUT2D eigenvalue weighted by Crippen LogP contribution is -2.32. The zero-order valence-electron chi connectivity index (χ0n) is 67.0. The molecule has 6 aromatic heterocycles. The van der Waals surface area contributed by atoms with E-state index in [-0.39, 0.29) is 11.4 Å². The molecule has 0 aliphatic carbocycles. The Morgan fingerprint density at radius 1 is 0.295 bits per heavy atom. The predicted molar refractivity (Wildman–Crippen MR) is 463 cm³/mol. The van der Waals surface area contributed by atoms with Crippen molar-refractivity contribution in [3.8, 4) is 80.2 Å². The quantitative estimate of drug-likeness (QED) is 0.0149. The van der Waals surface area contributed by atoms with E-state index in [9.17, 15) is 4.39 Å². The third-order valence-electron chi connectivity index (χ3n) is 18.4. The highest BCUT2D eigenvalue weighted by atomic mass is 35.5. The second-order valence-corrected chi connectivity index (χ2v) is 28.0. The second-order valence-electron chi connectivity index (χ2n) is 27.6. The maximum atomic E-state index is 13.6. The number of benzene rings is 9. The first kappa shape index (κ1) is 92.3. The molecule has 624 valence electrons. The lowest BCUT2D eigenvalue weighted by atomic mass is 9.79. The highest BCUT2D eigenvalue weighted by molar-refractivity contribution is 6.60. The van der Waals surface area contributed by atoms with Crippen LogP contribution in [0.15, 0.2) is 257 Å². The van der Waals surface area contributed by atoms with Gasteiger partial charge in [0.2, 0.25) is 64.8 Å². The van der Waals surface area contributed by atoms with Crippen LogP contribution >= 0.6 is 11.6 Å². The average Bonchev–Trinajstić information content (AvgIpc) is 1.73. The molecule has 0 fully saturated rings. The first-order valence-corrected chi connectivity index (χ1v) is 39.9. The van der Waals surface area contributed by atoms with Gasteiger partial charge in [0.25, 0.3) is 0 Å². The van der Waals surface area contributed by atoms with E-state index in [1.807, 2.05) is 91.0 Å². The van der Waals surface area contributed by atoms with Crippen molar-refractivity contribution in [2.75, 3.05) is 0 Å². The minimum Gasteiger partial charge on any atom is -0.441 e. The summed E-state index contributed by atoms with van der Waals surface area (Å²) in [6, 6.07) is 65.1. The SMILES string of the molecule is CCCCCc1nnc(-c2ccc(B(O)O)c(F)c2)o1.CCCCCc1nnc(-c2ccc(B(O)O)cc2)o1.CCCCCc1nnc(-c2ccc(B(O)O)cc2Cl)o1.OB(O)c1ccc(-c2nnc(-c3ccccc3)o2)cc1.OB(O)c1ccc(-c2nnc(CCc3ccccc3)o2)cc1.OB(O)c1ccc(Cc2cnc(-c3ccccc3)o2)cc1. The first-order valence-electron chi connectivity index (χ1n) is 39.5. The van der Waals surface area contributed by atoms with Crippen molar-refractivity contribution in [1.29, 1.82) is 0 Å². The van der Waals surface area contributed by atoms with Crippen LogP contribution in [-0.4, -0.2) is 159 Å². The van der Waals surface area contributed by atoms with Crippen molar-refractivity contribution in [1.82, 2.24) is 56.0 Å². The maximum absolute atomic E-state index is 13.6. The summed E-state index contributed by atoms with van der Waals surface area (Å²) in [6.45, 7) is 6.39. The minimum absolute atomic E-state index is 0.184. The number of rotatable bonds is 30. The van der Waals surface area contributed by atoms with Gasteiger partial charge in [-0.05, 0) is 149 Å². The molecule has 9 aromatic carbocycles. The van der Waals surface area contributed by atoms with Crippen LogP contribution < -0.4 is 32.8 Å². The number of unbranched alkanes of at least 4 members (excludes halogenated alkanes) is 6. The lowest BCUT2D eigenvalue weighted by Gasteiger charge is -2.03. The molecule has 0 bridgehead atoms. The second kappa shape index (κ2) is 47.9. The van der Waals surface area contributed by atoms with Crippen molar-refractivity contribution >= 4 is 87.1 Å². The number of hydrogen-bond donors (Lipinski definition) is 12. The molecule has 0 unspecified atom stereocenters. The zero-order chi connectivity index (χ0) is 86.7. The topological polar surface area (TPSA) is 463 Å². The summed E-state index contributed by atoms with van der Waals surface area (Å²) in [5, 5.41) is 149. The standard InChI is InChI=1S/C16H15BN2O3.C16H14BNO3.C14H11BN2O3.C13H16BClN2O3.C13H16BFN2O3.C13H17BN2O3/c20-17(21)14-9-7-13(8-10-14)16-19-18-15(22-16)11-6-12-4-2-1-3-5-12;19-17(20)14-8-6-12(7-9-14)10-15-11-18-16(21-15)13-4-2-1-3-5-13;18-15(19)12-8-6-11(7-9-12)14-17-16-13(20-14)10-4-2-1-3-5-10;1-2-3-4-5-12-16-17-13(20-12)10-7-6-9(14(18)19)8-11(10)15;1-2-3-4-5-12-16-17-13(20-12)9-6-7-10(14(18)19)11(15)8-9;1-2-3-4-5-12-15-16-13(19-12)10-6-8-11(9-7-10)14(17)18/h1-5,7-10,20-21H,6,11H2;1-9,11,19-20H,10H2;1-9,18-19H;2*6-8,18-19H,2-5H2,1H3;6-9,17-18H,2-5H2,1H3. The highest BCUT2D eigenvalue weighted by Gasteiger charge is 2.22. The normalized spacial score (nSPS) is 10.7. The Morgan fingerprint density at radius 3 is 1.04 bits per heavy atom. The molecule has 0 amide bonds. The molecule has 37 heteroatoms. The van der Waals surface area contributed by atoms with Crippen LogP contribution in [0.25, 0.3) is 80.2 Å². The van der Waals surface area contributed by atoms with Crippen LogP contribution in [-0.2, 0) is 38.5 Å². The third kappa shape index (κ3) is 28.6. The van der Waals surface area contributed by atoms with Crippen molar-refractivity contribution in [2.24, 2.45) is 0 Å². The summed E-state index contributed by atoms with van der Waals surface area (Å²) in [5.41, 5.74) is 9.20. The van der Waals surface area contributed by atoms with Gasteiger partial charge in [0.1, 0.15) is 11.6 Å². The zero-order valence-corrected chi connectivity index (χ0v) is 67.8. The van der Waals surface area contributed by atoms with Crippen LogP contribution in [0, 0.1) is 5.82 Å². The van der Waals surface area contributed by atoms with Crippen molar-refractivity contribution in [2.45, 2.75) is 117 Å². The van der Waals surface area contributed by atoms with E-state index >= 15 is 0 Å². The van der Waals surface area contributed by atoms with Crippen LogP contribution in [0.4, 0.5) is 4.39 Å². The van der Waals surface area contributed by atoms with Crippen LogP contribution in [0.3, 0.4) is 0 Å². The van der Waals surface area contributed by atoms with Crippen molar-refractivity contribution < 1.29 is 91.2 Å². The fourth-order valence-electron chi connectivity index (χ4n) is 11.6. The van der Waals surface area contributed by atoms with Gasteiger partial charge in [0.15, 0.2) is 0 Å². The number of halogens is 2. The molecular weight excluding hydrogens is 1580 g/mol. The van der Waals surface area contributed by atoms with E-state index in [1.165, 1.54) is 23.8 Å². The Kier molecular flexibility index (Phi) is 36.2. The van der Waals surface area contributed by atoms with Gasteiger partial charge in [0.05, 0.1) is 16.8 Å². The van der Waals surface area contributed by atoms with Gasteiger partial charge in [-0.3, -0.25) is 0 Å². The lowest BCUT2D eigenvalue weighted by molar-refractivity contribution is 0.422. The van der Waals surface area contributed by atoms with E-state index < -0.39 is 48.5 Å². The number of aryl methyl sites for hydroxylation is 5. The summed E-state index contributed by atoms with van der Waals surface area (Å²) in [7, 11) is -9.23. The third-order valence-corrected chi connectivity index (χ3v) is 18.7. The molecule has 0 aliphatic heterocycles. The predicted octanol–water partition coefficient (Wildman–Crippen LogP) is 8.14. The Bertz CT molecular complexity index is 5550. The van der Waals surface area contributed by atoms with Crippen LogP contribution in [0.5, 0.6) is 0 Å². The molecule has 0 aliphatic rings. The van der Waals surface area contributed by atoms with Crippen LogP contribution in [0.1, 0.15) is 119 Å². The van der Waals surface area contributed by atoms with Gasteiger partial charge in [-0.1, -0.05) is 210 Å². The average molecular weight is 1670 g/mol. The van der Waals surface area contributed by atoms with Gasteiger partial charge in [0, 0.05) is 70.9 Å². The summed E-state index contributed by atoms with van der Waals surface area (Å²) in [5.74, 6) is 5.33.